The van der Waals surface area contributed by atoms with Crippen molar-refractivity contribution in [2.24, 2.45) is 5.92 Å². The van der Waals surface area contributed by atoms with E-state index in [2.05, 4.69) is 0 Å². The quantitative estimate of drug-likeness (QED) is 0.730. The highest BCUT2D eigenvalue weighted by molar-refractivity contribution is 7.91. The molecule has 0 saturated heterocycles. The molecule has 0 aliphatic carbocycles. The monoisotopic (exact) mass is 396 g/mol. The number of rotatable bonds is 7. The van der Waals surface area contributed by atoms with Crippen molar-refractivity contribution in [3.05, 3.63) is 54.6 Å². The Bertz CT molecular complexity index is 999. The summed E-state index contributed by atoms with van der Waals surface area (Å²) in [6.45, 7) is 3.05. The predicted molar refractivity (Wildman–Crippen MR) is 92.3 cm³/mol. The van der Waals surface area contributed by atoms with Crippen molar-refractivity contribution in [3.8, 4) is 0 Å². The van der Waals surface area contributed by atoms with Gasteiger partial charge in [-0.25, -0.2) is 21.6 Å². The van der Waals surface area contributed by atoms with E-state index in [0.29, 0.717) is 0 Å². The number of carboxylic acid groups (broad SMARTS) is 1. The number of benzene rings is 2. The maximum Gasteiger partial charge on any atom is 0.241 e. The lowest BCUT2D eigenvalue weighted by Gasteiger charge is -2.23. The van der Waals surface area contributed by atoms with Crippen molar-refractivity contribution < 1.29 is 26.7 Å². The Hall–Kier alpha value is -2.23. The predicted octanol–water partition coefficient (Wildman–Crippen LogP) is 0.572. The van der Waals surface area contributed by atoms with Gasteiger partial charge in [-0.3, -0.25) is 0 Å². The lowest BCUT2D eigenvalue weighted by molar-refractivity contribution is -0.309. The number of carboxylic acids is 1. The highest BCUT2D eigenvalue weighted by Crippen LogP contribution is 2.23. The van der Waals surface area contributed by atoms with Crippen LogP contribution < -0.4 is 9.83 Å². The summed E-state index contributed by atoms with van der Waals surface area (Å²) in [5.74, 6) is -2.11. The second-order valence-electron chi connectivity index (χ2n) is 5.95. The lowest BCUT2D eigenvalue weighted by atomic mass is 10.1. The van der Waals surface area contributed by atoms with Crippen molar-refractivity contribution >= 4 is 25.8 Å². The van der Waals surface area contributed by atoms with Gasteiger partial charge < -0.3 is 9.90 Å². The van der Waals surface area contributed by atoms with E-state index >= 15 is 0 Å². The van der Waals surface area contributed by atoms with Crippen LogP contribution >= 0.6 is 0 Å². The Labute approximate surface area is 152 Å². The van der Waals surface area contributed by atoms with Crippen LogP contribution in [0.15, 0.2) is 69.3 Å². The molecule has 0 aromatic heterocycles. The Morgan fingerprint density at radius 1 is 0.885 bits per heavy atom. The van der Waals surface area contributed by atoms with E-state index in [1.165, 1.54) is 44.2 Å². The van der Waals surface area contributed by atoms with Crippen LogP contribution in [0.5, 0.6) is 0 Å². The summed E-state index contributed by atoms with van der Waals surface area (Å²) in [5, 5.41) is 11.1. The standard InChI is InChI=1S/C17H19NO6S2/c1-12(2)16(17(19)20)18-26(23,24)15-10-6-9-14(11-15)25(21,22)13-7-4-3-5-8-13/h3-12,16,18H,1-2H3,(H,19,20)/p-1. The molecule has 1 N–H and O–H groups in total. The summed E-state index contributed by atoms with van der Waals surface area (Å²) in [6, 6.07) is 10.9. The number of aliphatic carboxylic acids is 1. The molecule has 2 aromatic rings. The van der Waals surface area contributed by atoms with E-state index in [4.69, 9.17) is 0 Å². The van der Waals surface area contributed by atoms with Crippen LogP contribution in [0.3, 0.4) is 0 Å². The van der Waals surface area contributed by atoms with Gasteiger partial charge in [0, 0.05) is 0 Å². The number of nitrogens with one attached hydrogen (secondary N) is 1. The lowest BCUT2D eigenvalue weighted by Crippen LogP contribution is -2.50. The molecule has 0 bridgehead atoms. The van der Waals surface area contributed by atoms with Gasteiger partial charge in [0.15, 0.2) is 0 Å². The number of sulfone groups is 1. The Balaban J connectivity index is 2.44. The molecule has 0 radical (unpaired) electrons. The van der Waals surface area contributed by atoms with E-state index in [9.17, 15) is 26.7 Å². The molecule has 140 valence electrons. The summed E-state index contributed by atoms with van der Waals surface area (Å²) in [6.07, 6.45) is 0. The van der Waals surface area contributed by atoms with Crippen LogP contribution in [-0.4, -0.2) is 28.8 Å². The summed E-state index contributed by atoms with van der Waals surface area (Å²) in [7, 11) is -8.15. The van der Waals surface area contributed by atoms with Crippen LogP contribution in [0, 0.1) is 5.92 Å². The average Bonchev–Trinajstić information content (AvgIpc) is 2.60. The first kappa shape index (κ1) is 20.1. The molecule has 0 amide bonds. The first-order valence-electron chi connectivity index (χ1n) is 7.69. The molecule has 0 saturated carbocycles. The Morgan fingerprint density at radius 2 is 1.42 bits per heavy atom. The molecule has 9 heteroatoms. The molecule has 0 spiro atoms. The number of carbonyl (C=O) groups is 1. The molecule has 1 unspecified atom stereocenters. The summed E-state index contributed by atoms with van der Waals surface area (Å²) in [5.41, 5.74) is 0. The summed E-state index contributed by atoms with van der Waals surface area (Å²) < 4.78 is 52.2. The van der Waals surface area contributed by atoms with Gasteiger partial charge in [0.1, 0.15) is 0 Å². The minimum absolute atomic E-state index is 0.0253. The van der Waals surface area contributed by atoms with Gasteiger partial charge in [-0.15, -0.1) is 0 Å². The van der Waals surface area contributed by atoms with Crippen molar-refractivity contribution in [1.82, 2.24) is 4.72 Å². The van der Waals surface area contributed by atoms with Gasteiger partial charge in [0.25, 0.3) is 0 Å². The Kier molecular flexibility index (Phi) is 5.84. The summed E-state index contributed by atoms with van der Waals surface area (Å²) >= 11 is 0. The van der Waals surface area contributed by atoms with Crippen molar-refractivity contribution in [1.29, 1.82) is 0 Å². The highest BCUT2D eigenvalue weighted by atomic mass is 32.2. The molecule has 0 aliphatic rings. The molecule has 26 heavy (non-hydrogen) atoms. The Morgan fingerprint density at radius 3 is 1.96 bits per heavy atom. The van der Waals surface area contributed by atoms with E-state index in [0.717, 1.165) is 6.07 Å². The van der Waals surface area contributed by atoms with Crippen LogP contribution in [0.4, 0.5) is 0 Å². The molecule has 0 aliphatic heterocycles. The van der Waals surface area contributed by atoms with Gasteiger partial charge in [-0.05, 0) is 36.2 Å². The van der Waals surface area contributed by atoms with Gasteiger partial charge in [0.05, 0.1) is 26.7 Å². The fourth-order valence-electron chi connectivity index (χ4n) is 2.24. The maximum absolute atomic E-state index is 12.6. The van der Waals surface area contributed by atoms with E-state index in [1.54, 1.807) is 18.2 Å². The van der Waals surface area contributed by atoms with Crippen molar-refractivity contribution in [2.75, 3.05) is 0 Å². The fraction of sp³-hybridized carbons (Fsp3) is 0.235. The summed E-state index contributed by atoms with van der Waals surface area (Å²) in [4.78, 5) is 10.6. The normalized spacial score (nSPS) is 13.5. The van der Waals surface area contributed by atoms with Crippen LogP contribution in [-0.2, 0) is 24.7 Å². The minimum Gasteiger partial charge on any atom is -0.548 e. The number of sulfonamides is 1. The topological polar surface area (TPSA) is 120 Å². The number of carbonyl (C=O) groups excluding carboxylic acids is 1. The largest absolute Gasteiger partial charge is 0.548 e. The van der Waals surface area contributed by atoms with E-state index in [-0.39, 0.29) is 14.7 Å². The van der Waals surface area contributed by atoms with Crippen LogP contribution in [0.2, 0.25) is 0 Å². The molecule has 0 heterocycles. The van der Waals surface area contributed by atoms with Crippen LogP contribution in [0.25, 0.3) is 0 Å². The van der Waals surface area contributed by atoms with Crippen molar-refractivity contribution in [2.45, 2.75) is 34.6 Å². The molecule has 0 fully saturated rings. The van der Waals surface area contributed by atoms with Crippen molar-refractivity contribution in [3.63, 3.8) is 0 Å². The number of hydrogen-bond acceptors (Lipinski definition) is 6. The van der Waals surface area contributed by atoms with Gasteiger partial charge in [0.2, 0.25) is 19.9 Å². The third-order valence-corrected chi connectivity index (χ3v) is 6.89. The maximum atomic E-state index is 12.6. The van der Waals surface area contributed by atoms with Gasteiger partial charge in [-0.1, -0.05) is 38.1 Å². The molecule has 2 rings (SSSR count). The number of hydrogen-bond donors (Lipinski definition) is 1. The first-order valence-corrected chi connectivity index (χ1v) is 10.7. The van der Waals surface area contributed by atoms with Crippen LogP contribution in [0.1, 0.15) is 13.8 Å². The first-order chi connectivity index (χ1) is 12.1. The van der Waals surface area contributed by atoms with Gasteiger partial charge in [-0.2, -0.15) is 0 Å². The highest BCUT2D eigenvalue weighted by Gasteiger charge is 2.25. The van der Waals surface area contributed by atoms with E-state index in [1.807, 2.05) is 4.72 Å². The smallest absolute Gasteiger partial charge is 0.241 e. The third-order valence-electron chi connectivity index (χ3n) is 3.68. The zero-order chi connectivity index (χ0) is 19.5. The SMILES string of the molecule is CC(C)C(NS(=O)(=O)c1cccc(S(=O)(=O)c2ccccc2)c1)C(=O)[O-]. The fourth-order valence-corrected chi connectivity index (χ4v) is 5.02. The second kappa shape index (κ2) is 7.56. The molecular weight excluding hydrogens is 378 g/mol. The molecule has 7 nitrogen and oxygen atoms in total. The molecule has 2 aromatic carbocycles. The molecular formula is C17H18NO6S2-. The second-order valence-corrected chi connectivity index (χ2v) is 9.62. The average molecular weight is 396 g/mol. The zero-order valence-corrected chi connectivity index (χ0v) is 15.7. The van der Waals surface area contributed by atoms with E-state index < -0.39 is 37.8 Å². The van der Waals surface area contributed by atoms with Gasteiger partial charge >= 0.3 is 0 Å². The molecule has 1 atom stereocenters. The zero-order valence-electron chi connectivity index (χ0n) is 14.1. The minimum atomic E-state index is -4.25. The third kappa shape index (κ3) is 4.29.